The maximum atomic E-state index is 9.30. The SMILES string of the molecule is CCC.CCC.Oc1ccc(Cc2ccc(Cc3ccccc3)cc2)cc1.Oc1ccc(Cc2ccccc2)cc1.c1ccccc1.c1ccccc1. The fourth-order valence-corrected chi connectivity index (χ4v) is 4.67. The summed E-state index contributed by atoms with van der Waals surface area (Å²) < 4.78 is 0. The van der Waals surface area contributed by atoms with Gasteiger partial charge in [-0.15, -0.1) is 0 Å². The summed E-state index contributed by atoms with van der Waals surface area (Å²) in [5.74, 6) is 0.638. The number of hydrogen-bond donors (Lipinski definition) is 2. The Kier molecular flexibility index (Phi) is 23.5. The molecule has 2 nitrogen and oxygen atoms in total. The van der Waals surface area contributed by atoms with Crippen LogP contribution in [-0.2, 0) is 19.3 Å². The van der Waals surface area contributed by atoms with Crippen LogP contribution in [0.1, 0.15) is 73.9 Å². The fraction of sp³-hybridized carbons (Fsp3) is 0.176. The van der Waals surface area contributed by atoms with E-state index in [1.165, 1.54) is 46.2 Å². The van der Waals surface area contributed by atoms with Crippen LogP contribution in [0, 0.1) is 0 Å². The predicted octanol–water partition coefficient (Wildman–Crippen LogP) is 13.8. The number of hydrogen-bond acceptors (Lipinski definition) is 2. The van der Waals surface area contributed by atoms with Crippen molar-refractivity contribution in [3.8, 4) is 11.5 Å². The lowest BCUT2D eigenvalue weighted by atomic mass is 10.0. The van der Waals surface area contributed by atoms with E-state index in [0.29, 0.717) is 11.5 Å². The van der Waals surface area contributed by atoms with Crippen molar-refractivity contribution in [2.45, 2.75) is 59.8 Å². The summed E-state index contributed by atoms with van der Waals surface area (Å²) in [5.41, 5.74) is 7.67. The largest absolute Gasteiger partial charge is 0.508 e. The van der Waals surface area contributed by atoms with Crippen molar-refractivity contribution in [3.63, 3.8) is 0 Å². The lowest BCUT2D eigenvalue weighted by Crippen LogP contribution is -1.91. The minimum atomic E-state index is 0.317. The Morgan fingerprint density at radius 3 is 0.604 bits per heavy atom. The first-order chi connectivity index (χ1) is 26.0. The molecule has 0 fully saturated rings. The van der Waals surface area contributed by atoms with E-state index in [1.54, 1.807) is 24.3 Å². The molecule has 7 rings (SSSR count). The first-order valence-corrected chi connectivity index (χ1v) is 18.7. The molecule has 0 aliphatic carbocycles. The highest BCUT2D eigenvalue weighted by Crippen LogP contribution is 2.16. The Morgan fingerprint density at radius 1 is 0.245 bits per heavy atom. The third-order valence-electron chi connectivity index (χ3n) is 7.14. The molecule has 7 aromatic carbocycles. The average Bonchev–Trinajstić information content (AvgIpc) is 3.21. The molecule has 53 heavy (non-hydrogen) atoms. The van der Waals surface area contributed by atoms with Gasteiger partial charge in [0, 0.05) is 0 Å². The molecular formula is C51H58O2. The van der Waals surface area contributed by atoms with Gasteiger partial charge in [-0.25, -0.2) is 0 Å². The van der Waals surface area contributed by atoms with Gasteiger partial charge in [0.2, 0.25) is 0 Å². The summed E-state index contributed by atoms with van der Waals surface area (Å²) in [4.78, 5) is 0. The average molecular weight is 703 g/mol. The first-order valence-electron chi connectivity index (χ1n) is 18.7. The van der Waals surface area contributed by atoms with Crippen LogP contribution in [0.4, 0.5) is 0 Å². The van der Waals surface area contributed by atoms with Crippen LogP contribution in [-0.4, -0.2) is 10.2 Å². The minimum absolute atomic E-state index is 0.317. The Balaban J connectivity index is 0.000000259. The minimum Gasteiger partial charge on any atom is -0.508 e. The molecule has 0 unspecified atom stereocenters. The van der Waals surface area contributed by atoms with Crippen LogP contribution in [0.2, 0.25) is 0 Å². The van der Waals surface area contributed by atoms with E-state index in [4.69, 9.17) is 5.11 Å². The van der Waals surface area contributed by atoms with Gasteiger partial charge in [-0.3, -0.25) is 0 Å². The number of rotatable bonds is 6. The highest BCUT2D eigenvalue weighted by molar-refractivity contribution is 5.34. The Labute approximate surface area is 320 Å². The molecule has 0 bridgehead atoms. The third-order valence-corrected chi connectivity index (χ3v) is 7.14. The second kappa shape index (κ2) is 28.8. The van der Waals surface area contributed by atoms with E-state index in [9.17, 15) is 5.11 Å². The van der Waals surface area contributed by atoms with E-state index in [0.717, 1.165) is 19.3 Å². The summed E-state index contributed by atoms with van der Waals surface area (Å²) in [7, 11) is 0. The summed E-state index contributed by atoms with van der Waals surface area (Å²) in [5, 5.41) is 18.4. The standard InChI is InChI=1S/C20H18O.C13H12O.2C6H6.2C3H8/c21-20-12-10-19(11-13-20)15-18-8-6-17(7-9-18)14-16-4-2-1-3-5-16;14-13-8-6-12(7-9-13)10-11-4-2-1-3-5-11;2*1-2-4-6-5-3-1;2*1-3-2/h1-13,21H,14-15H2;1-9,14H,10H2;2*1-6H;2*3H2,1-2H3. The van der Waals surface area contributed by atoms with Crippen LogP contribution < -0.4 is 0 Å². The smallest absolute Gasteiger partial charge is 0.115 e. The molecular weight excluding hydrogens is 645 g/mol. The van der Waals surface area contributed by atoms with Crippen LogP contribution >= 0.6 is 0 Å². The zero-order valence-corrected chi connectivity index (χ0v) is 32.1. The van der Waals surface area contributed by atoms with Crippen LogP contribution in [0.5, 0.6) is 11.5 Å². The van der Waals surface area contributed by atoms with E-state index >= 15 is 0 Å². The van der Waals surface area contributed by atoms with Gasteiger partial charge in [0.05, 0.1) is 0 Å². The van der Waals surface area contributed by atoms with Crippen molar-refractivity contribution in [1.29, 1.82) is 0 Å². The van der Waals surface area contributed by atoms with E-state index in [2.05, 4.69) is 88.4 Å². The molecule has 274 valence electrons. The van der Waals surface area contributed by atoms with Crippen LogP contribution in [0.25, 0.3) is 0 Å². The summed E-state index contributed by atoms with van der Waals surface area (Å²) in [6.07, 6.45) is 5.29. The highest BCUT2D eigenvalue weighted by Gasteiger charge is 2.00. The first kappa shape index (κ1) is 43.3. The van der Waals surface area contributed by atoms with Gasteiger partial charge in [-0.1, -0.05) is 223 Å². The quantitative estimate of drug-likeness (QED) is 0.181. The van der Waals surface area contributed by atoms with Gasteiger partial charge in [0.1, 0.15) is 11.5 Å². The maximum absolute atomic E-state index is 9.30. The van der Waals surface area contributed by atoms with E-state index in [-0.39, 0.29) is 0 Å². The van der Waals surface area contributed by atoms with Gasteiger partial charge in [-0.05, 0) is 76.9 Å². The van der Waals surface area contributed by atoms with Crippen molar-refractivity contribution in [1.82, 2.24) is 0 Å². The molecule has 0 radical (unpaired) electrons. The maximum Gasteiger partial charge on any atom is 0.115 e. The molecule has 0 heterocycles. The molecule has 0 saturated heterocycles. The summed E-state index contributed by atoms with van der Waals surface area (Å²) in [6, 6.07) is 68.3. The van der Waals surface area contributed by atoms with E-state index in [1.807, 2.05) is 121 Å². The van der Waals surface area contributed by atoms with E-state index < -0.39 is 0 Å². The number of benzene rings is 7. The molecule has 0 spiro atoms. The highest BCUT2D eigenvalue weighted by atomic mass is 16.3. The van der Waals surface area contributed by atoms with Crippen molar-refractivity contribution >= 4 is 0 Å². The molecule has 7 aromatic rings. The lowest BCUT2D eigenvalue weighted by molar-refractivity contribution is 0.474. The van der Waals surface area contributed by atoms with Crippen molar-refractivity contribution in [3.05, 3.63) is 240 Å². The van der Waals surface area contributed by atoms with Gasteiger partial charge in [0.25, 0.3) is 0 Å². The molecule has 0 aliphatic rings. The van der Waals surface area contributed by atoms with Crippen LogP contribution in [0.3, 0.4) is 0 Å². The molecule has 0 atom stereocenters. The summed E-state index contributed by atoms with van der Waals surface area (Å²) >= 11 is 0. The fourth-order valence-electron chi connectivity index (χ4n) is 4.67. The lowest BCUT2D eigenvalue weighted by Gasteiger charge is -2.05. The zero-order chi connectivity index (χ0) is 38.2. The third kappa shape index (κ3) is 21.9. The molecule has 0 saturated carbocycles. The number of phenolic OH excluding ortho intramolecular Hbond substituents is 2. The Bertz CT molecular complexity index is 1700. The normalized spacial score (nSPS) is 9.28. The predicted molar refractivity (Wildman–Crippen MR) is 229 cm³/mol. The zero-order valence-electron chi connectivity index (χ0n) is 32.1. The number of aromatic hydroxyl groups is 2. The molecule has 2 N–H and O–H groups in total. The molecule has 0 aliphatic heterocycles. The van der Waals surface area contributed by atoms with Gasteiger partial charge in [-0.2, -0.15) is 0 Å². The van der Waals surface area contributed by atoms with Gasteiger partial charge in [0.15, 0.2) is 0 Å². The topological polar surface area (TPSA) is 40.5 Å². The Hall–Kier alpha value is -5.86. The molecule has 2 heteroatoms. The van der Waals surface area contributed by atoms with Gasteiger partial charge < -0.3 is 10.2 Å². The van der Waals surface area contributed by atoms with Crippen molar-refractivity contribution in [2.75, 3.05) is 0 Å². The van der Waals surface area contributed by atoms with Gasteiger partial charge >= 0.3 is 0 Å². The Morgan fingerprint density at radius 2 is 0.396 bits per heavy atom. The second-order valence-electron chi connectivity index (χ2n) is 12.4. The second-order valence-corrected chi connectivity index (χ2v) is 12.4. The molecule has 0 aromatic heterocycles. The monoisotopic (exact) mass is 702 g/mol. The van der Waals surface area contributed by atoms with Crippen LogP contribution in [0.15, 0.2) is 206 Å². The number of phenols is 2. The molecule has 0 amide bonds. The van der Waals surface area contributed by atoms with Crippen molar-refractivity contribution in [2.24, 2.45) is 0 Å². The summed E-state index contributed by atoms with van der Waals surface area (Å²) in [6.45, 7) is 8.50. The van der Waals surface area contributed by atoms with Crippen molar-refractivity contribution < 1.29 is 10.2 Å².